The fourth-order valence-corrected chi connectivity index (χ4v) is 7.07. The summed E-state index contributed by atoms with van der Waals surface area (Å²) in [5.74, 6) is -1.68. The molecule has 16 unspecified atom stereocenters. The number of aliphatic hydroxyl groups is 11. The Morgan fingerprint density at radius 2 is 1.06 bits per heavy atom. The van der Waals surface area contributed by atoms with Gasteiger partial charge < -0.3 is 104 Å². The van der Waals surface area contributed by atoms with Crippen molar-refractivity contribution in [3.8, 4) is 28.7 Å². The van der Waals surface area contributed by atoms with Crippen molar-refractivity contribution in [1.29, 1.82) is 0 Å². The second-order valence-electron chi connectivity index (χ2n) is 14.9. The quantitative estimate of drug-likeness (QED) is 0.0789. The Labute approximate surface area is 350 Å². The molecule has 0 amide bonds. The van der Waals surface area contributed by atoms with Gasteiger partial charge in [-0.25, -0.2) is 4.79 Å². The topological polar surface area (TPSA) is 354 Å². The molecule has 4 aliphatic heterocycles. The number of aliphatic hydroxyl groups excluding tert-OH is 11. The molecule has 0 aromatic heterocycles. The SMILES string of the molecule is O=C(OCC1OC(Oc2cc(O)c3c(c2)OC(c2ccc(O)cc2)C(OC2OC(CO)C(O)C(O)C2O)=C3)C(O)C(O)C1O)c1ccc(OC2OC(CO)C(O)C(O)C2O)cc1. The Balaban J connectivity index is 1.03. The monoisotopic (exact) mass is 878 g/mol. The van der Waals surface area contributed by atoms with Crippen LogP contribution in [0.5, 0.6) is 28.7 Å². The van der Waals surface area contributed by atoms with Crippen LogP contribution in [0.15, 0.2) is 66.4 Å². The summed E-state index contributed by atoms with van der Waals surface area (Å²) in [4.78, 5) is 12.9. The van der Waals surface area contributed by atoms with E-state index < -0.39 is 130 Å². The van der Waals surface area contributed by atoms with Crippen LogP contribution >= 0.6 is 0 Å². The van der Waals surface area contributed by atoms with Crippen LogP contribution in [0.4, 0.5) is 0 Å². The molecule has 0 radical (unpaired) electrons. The largest absolute Gasteiger partial charge is 0.508 e. The summed E-state index contributed by atoms with van der Waals surface area (Å²) in [7, 11) is 0. The number of phenolic OH excluding ortho intramolecular Hbond substituents is 2. The van der Waals surface area contributed by atoms with E-state index in [2.05, 4.69) is 0 Å². The summed E-state index contributed by atoms with van der Waals surface area (Å²) in [5.41, 5.74) is 0.384. The number of hydrogen-bond donors (Lipinski definition) is 13. The lowest BCUT2D eigenvalue weighted by molar-refractivity contribution is -0.293. The van der Waals surface area contributed by atoms with Gasteiger partial charge in [-0.3, -0.25) is 0 Å². The highest BCUT2D eigenvalue weighted by atomic mass is 16.7. The Morgan fingerprint density at radius 3 is 1.61 bits per heavy atom. The minimum absolute atomic E-state index is 0.0178. The predicted molar refractivity (Wildman–Crippen MR) is 201 cm³/mol. The number of rotatable bonds is 12. The fraction of sp³-hybridized carbons (Fsp3) is 0.475. The first-order valence-electron chi connectivity index (χ1n) is 19.2. The normalized spacial score (nSPS) is 35.8. The van der Waals surface area contributed by atoms with Gasteiger partial charge in [0.05, 0.1) is 24.3 Å². The van der Waals surface area contributed by atoms with Gasteiger partial charge in [-0.05, 0) is 42.5 Å². The zero-order valence-corrected chi connectivity index (χ0v) is 32.2. The third kappa shape index (κ3) is 9.25. The van der Waals surface area contributed by atoms with E-state index in [1.807, 2.05) is 0 Å². The number of phenols is 2. The number of fused-ring (bicyclic) bond motifs is 1. The molecule has 3 fully saturated rings. The molecule has 16 atom stereocenters. The van der Waals surface area contributed by atoms with Crippen molar-refractivity contribution in [3.05, 3.63) is 83.1 Å². The average molecular weight is 879 g/mol. The van der Waals surface area contributed by atoms with Crippen molar-refractivity contribution in [3.63, 3.8) is 0 Å². The molecule has 7 rings (SSSR count). The third-order valence-corrected chi connectivity index (χ3v) is 10.7. The van der Waals surface area contributed by atoms with Crippen LogP contribution in [0.1, 0.15) is 27.6 Å². The first-order chi connectivity index (χ1) is 29.6. The molecule has 22 nitrogen and oxygen atoms in total. The van der Waals surface area contributed by atoms with Crippen molar-refractivity contribution in [2.45, 2.75) is 98.2 Å². The van der Waals surface area contributed by atoms with E-state index in [1.165, 1.54) is 60.7 Å². The lowest BCUT2D eigenvalue weighted by Crippen LogP contribution is -2.60. The molecule has 13 N–H and O–H groups in total. The van der Waals surface area contributed by atoms with Gasteiger partial charge in [0.1, 0.15) is 114 Å². The van der Waals surface area contributed by atoms with Gasteiger partial charge in [-0.1, -0.05) is 12.1 Å². The maximum absolute atomic E-state index is 12.9. The maximum atomic E-state index is 12.9. The van der Waals surface area contributed by atoms with Gasteiger partial charge in [0.15, 0.2) is 6.10 Å². The number of hydrogen-bond acceptors (Lipinski definition) is 22. The van der Waals surface area contributed by atoms with Gasteiger partial charge in [-0.15, -0.1) is 0 Å². The van der Waals surface area contributed by atoms with Crippen LogP contribution in [0.3, 0.4) is 0 Å². The minimum Gasteiger partial charge on any atom is -0.508 e. The molecule has 4 heterocycles. The van der Waals surface area contributed by atoms with Crippen LogP contribution < -0.4 is 14.2 Å². The van der Waals surface area contributed by atoms with Gasteiger partial charge in [0.2, 0.25) is 18.9 Å². The summed E-state index contributed by atoms with van der Waals surface area (Å²) < 4.78 is 45.3. The lowest BCUT2D eigenvalue weighted by Gasteiger charge is -2.41. The highest BCUT2D eigenvalue weighted by molar-refractivity contribution is 5.89. The standard InChI is InChI=1S/C40H46O22/c41-12-24-27(45)30(48)33(51)38(60-24)56-18-7-3-16(4-8-18)37(54)55-14-26-29(47)32(50)34(52)39(62-26)57-19-9-21(44)20-11-23(59-40-35(53)31(49)28(46)25(13-42)61-40)36(58-22(20)10-19)15-1-5-17(43)6-2-15/h1-11,24-36,38-53H,12-14H2. The Bertz CT molecular complexity index is 2030. The van der Waals surface area contributed by atoms with Gasteiger partial charge in [-0.2, -0.15) is 0 Å². The second kappa shape index (κ2) is 18.8. The van der Waals surface area contributed by atoms with E-state index in [0.717, 1.165) is 6.07 Å². The molecule has 22 heteroatoms. The van der Waals surface area contributed by atoms with E-state index in [9.17, 15) is 71.2 Å². The zero-order valence-electron chi connectivity index (χ0n) is 32.2. The van der Waals surface area contributed by atoms with Crippen LogP contribution in [0.2, 0.25) is 0 Å². The molecule has 3 saturated heterocycles. The molecule has 0 bridgehead atoms. The molecule has 0 spiro atoms. The van der Waals surface area contributed by atoms with Crippen LogP contribution in [0, 0.1) is 0 Å². The molecule has 3 aromatic rings. The van der Waals surface area contributed by atoms with E-state index >= 15 is 0 Å². The Kier molecular flexibility index (Phi) is 13.7. The smallest absolute Gasteiger partial charge is 0.338 e. The zero-order chi connectivity index (χ0) is 44.6. The number of benzene rings is 3. The average Bonchev–Trinajstić information content (AvgIpc) is 3.26. The molecular formula is C40H46O22. The predicted octanol–water partition coefficient (Wildman–Crippen LogP) is -3.39. The maximum Gasteiger partial charge on any atom is 0.338 e. The molecule has 338 valence electrons. The van der Waals surface area contributed by atoms with E-state index in [-0.39, 0.29) is 39.9 Å². The van der Waals surface area contributed by atoms with Crippen molar-refractivity contribution in [2.24, 2.45) is 0 Å². The van der Waals surface area contributed by atoms with Crippen molar-refractivity contribution in [1.82, 2.24) is 0 Å². The molecule has 4 aliphatic rings. The van der Waals surface area contributed by atoms with E-state index in [4.69, 9.17) is 37.9 Å². The van der Waals surface area contributed by atoms with Gasteiger partial charge in [0.25, 0.3) is 0 Å². The number of ether oxygens (including phenoxy) is 8. The summed E-state index contributed by atoms with van der Waals surface area (Å²) in [5, 5.41) is 134. The molecule has 62 heavy (non-hydrogen) atoms. The first kappa shape index (κ1) is 45.1. The van der Waals surface area contributed by atoms with Crippen LogP contribution in [-0.4, -0.2) is 184 Å². The second-order valence-corrected chi connectivity index (χ2v) is 14.9. The van der Waals surface area contributed by atoms with E-state index in [0.29, 0.717) is 5.56 Å². The van der Waals surface area contributed by atoms with Crippen molar-refractivity contribution in [2.75, 3.05) is 19.8 Å². The van der Waals surface area contributed by atoms with Gasteiger partial charge in [0, 0.05) is 17.7 Å². The summed E-state index contributed by atoms with van der Waals surface area (Å²) in [6.45, 7) is -2.03. The Hall–Kier alpha value is -4.89. The van der Waals surface area contributed by atoms with Crippen LogP contribution in [0.25, 0.3) is 6.08 Å². The Morgan fingerprint density at radius 1 is 0.565 bits per heavy atom. The highest BCUT2D eigenvalue weighted by Gasteiger charge is 2.48. The number of carbonyl (C=O) groups is 1. The molecular weight excluding hydrogens is 832 g/mol. The molecule has 0 aliphatic carbocycles. The van der Waals surface area contributed by atoms with E-state index in [1.54, 1.807) is 0 Å². The van der Waals surface area contributed by atoms with Gasteiger partial charge >= 0.3 is 5.97 Å². The number of esters is 1. The fourth-order valence-electron chi connectivity index (χ4n) is 7.07. The minimum atomic E-state index is -1.87. The van der Waals surface area contributed by atoms with Crippen molar-refractivity contribution >= 4 is 12.0 Å². The summed E-state index contributed by atoms with van der Waals surface area (Å²) in [6.07, 6.45) is -24.2. The summed E-state index contributed by atoms with van der Waals surface area (Å²) >= 11 is 0. The van der Waals surface area contributed by atoms with Crippen LogP contribution in [-0.2, 0) is 23.7 Å². The highest BCUT2D eigenvalue weighted by Crippen LogP contribution is 2.45. The first-order valence-corrected chi connectivity index (χ1v) is 19.2. The number of carbonyl (C=O) groups excluding carboxylic acids is 1. The van der Waals surface area contributed by atoms with Crippen molar-refractivity contribution < 1.29 is 109 Å². The molecule has 3 aromatic carbocycles. The third-order valence-electron chi connectivity index (χ3n) is 10.7. The molecule has 0 saturated carbocycles. The lowest BCUT2D eigenvalue weighted by atomic mass is 9.98. The summed E-state index contributed by atoms with van der Waals surface area (Å²) in [6, 6.07) is 13.2. The number of aromatic hydroxyl groups is 2.